The number of hydrogen-bond acceptors (Lipinski definition) is 4. The molecule has 4 nitrogen and oxygen atoms in total. The lowest BCUT2D eigenvalue weighted by molar-refractivity contribution is -0.161. The molecule has 0 spiro atoms. The standard InChI is InChI=1S/C14H15NO3/c1-16-13-11-5-3-2-4-10(11)6-7-12(13)14(15)17-8-9-18-14/h2-7H,8-9,15H2,1H3. The van der Waals surface area contributed by atoms with Gasteiger partial charge in [-0.05, 0) is 11.5 Å². The van der Waals surface area contributed by atoms with Crippen molar-refractivity contribution in [3.05, 3.63) is 42.0 Å². The maximum absolute atomic E-state index is 6.12. The van der Waals surface area contributed by atoms with E-state index in [2.05, 4.69) is 0 Å². The van der Waals surface area contributed by atoms with Gasteiger partial charge in [-0.15, -0.1) is 0 Å². The Balaban J connectivity index is 2.23. The molecule has 2 aromatic carbocycles. The number of hydrogen-bond donors (Lipinski definition) is 1. The molecule has 0 atom stereocenters. The largest absolute Gasteiger partial charge is 0.496 e. The maximum Gasteiger partial charge on any atom is 0.257 e. The molecule has 1 aliphatic heterocycles. The smallest absolute Gasteiger partial charge is 0.257 e. The van der Waals surface area contributed by atoms with E-state index in [1.807, 2.05) is 36.4 Å². The van der Waals surface area contributed by atoms with Gasteiger partial charge in [0.2, 0.25) is 0 Å². The third-order valence-electron chi connectivity index (χ3n) is 3.18. The van der Waals surface area contributed by atoms with Crippen LogP contribution in [0.15, 0.2) is 36.4 Å². The summed E-state index contributed by atoms with van der Waals surface area (Å²) in [6.07, 6.45) is 0. The number of ether oxygens (including phenoxy) is 3. The third kappa shape index (κ3) is 1.66. The van der Waals surface area contributed by atoms with Crippen molar-refractivity contribution in [2.75, 3.05) is 20.3 Å². The van der Waals surface area contributed by atoms with E-state index in [1.165, 1.54) is 0 Å². The molecule has 4 heteroatoms. The van der Waals surface area contributed by atoms with Crippen molar-refractivity contribution in [3.8, 4) is 5.75 Å². The topological polar surface area (TPSA) is 53.7 Å². The molecule has 1 aliphatic rings. The van der Waals surface area contributed by atoms with Crippen LogP contribution in [0.4, 0.5) is 0 Å². The summed E-state index contributed by atoms with van der Waals surface area (Å²) in [6.45, 7) is 0.985. The molecule has 0 radical (unpaired) electrons. The zero-order valence-corrected chi connectivity index (χ0v) is 10.2. The van der Waals surface area contributed by atoms with Crippen molar-refractivity contribution >= 4 is 10.8 Å². The van der Waals surface area contributed by atoms with Crippen LogP contribution in [-0.2, 0) is 15.4 Å². The summed E-state index contributed by atoms with van der Waals surface area (Å²) in [7, 11) is 1.63. The highest BCUT2D eigenvalue weighted by molar-refractivity contribution is 5.89. The molecule has 0 aromatic heterocycles. The molecule has 0 amide bonds. The van der Waals surface area contributed by atoms with Gasteiger partial charge in [-0.3, -0.25) is 5.73 Å². The summed E-state index contributed by atoms with van der Waals surface area (Å²) < 4.78 is 16.5. The van der Waals surface area contributed by atoms with E-state index in [4.69, 9.17) is 19.9 Å². The van der Waals surface area contributed by atoms with E-state index >= 15 is 0 Å². The summed E-state index contributed by atoms with van der Waals surface area (Å²) in [5.41, 5.74) is 6.85. The maximum atomic E-state index is 6.12. The second kappa shape index (κ2) is 4.24. The van der Waals surface area contributed by atoms with E-state index in [0.717, 1.165) is 16.3 Å². The molecule has 0 unspecified atom stereocenters. The van der Waals surface area contributed by atoms with Crippen molar-refractivity contribution in [3.63, 3.8) is 0 Å². The lowest BCUT2D eigenvalue weighted by Gasteiger charge is -2.25. The van der Waals surface area contributed by atoms with Gasteiger partial charge in [0.1, 0.15) is 5.75 Å². The Labute approximate surface area is 105 Å². The van der Waals surface area contributed by atoms with E-state index in [0.29, 0.717) is 19.0 Å². The molecule has 3 rings (SSSR count). The predicted octanol–water partition coefficient (Wildman–Crippen LogP) is 1.96. The quantitative estimate of drug-likeness (QED) is 0.878. The fourth-order valence-electron chi connectivity index (χ4n) is 2.32. The highest BCUT2D eigenvalue weighted by Crippen LogP contribution is 2.37. The minimum absolute atomic E-state index is 0.493. The average molecular weight is 245 g/mol. The average Bonchev–Trinajstić information content (AvgIpc) is 2.85. The molecule has 1 saturated heterocycles. The normalized spacial score (nSPS) is 18.1. The third-order valence-corrected chi connectivity index (χ3v) is 3.18. The van der Waals surface area contributed by atoms with Crippen LogP contribution in [0.25, 0.3) is 10.8 Å². The van der Waals surface area contributed by atoms with E-state index in [-0.39, 0.29) is 0 Å². The summed E-state index contributed by atoms with van der Waals surface area (Å²) in [6, 6.07) is 11.9. The van der Waals surface area contributed by atoms with Crippen molar-refractivity contribution < 1.29 is 14.2 Å². The summed E-state index contributed by atoms with van der Waals surface area (Å²) in [4.78, 5) is 0. The van der Waals surface area contributed by atoms with Gasteiger partial charge in [0.25, 0.3) is 5.91 Å². The Morgan fingerprint density at radius 1 is 1.11 bits per heavy atom. The van der Waals surface area contributed by atoms with Gasteiger partial charge >= 0.3 is 0 Å². The number of rotatable bonds is 2. The zero-order valence-electron chi connectivity index (χ0n) is 10.2. The van der Waals surface area contributed by atoms with Crippen LogP contribution in [0.3, 0.4) is 0 Å². The second-order valence-corrected chi connectivity index (χ2v) is 4.23. The minimum atomic E-state index is -1.20. The van der Waals surface area contributed by atoms with Crippen molar-refractivity contribution in [2.24, 2.45) is 5.73 Å². The van der Waals surface area contributed by atoms with Gasteiger partial charge in [0.15, 0.2) is 0 Å². The summed E-state index contributed by atoms with van der Waals surface area (Å²) >= 11 is 0. The Morgan fingerprint density at radius 2 is 1.83 bits per heavy atom. The second-order valence-electron chi connectivity index (χ2n) is 4.23. The highest BCUT2D eigenvalue weighted by Gasteiger charge is 2.37. The molecule has 0 bridgehead atoms. The van der Waals surface area contributed by atoms with Gasteiger partial charge in [-0.2, -0.15) is 0 Å². The Hall–Kier alpha value is -1.62. The van der Waals surface area contributed by atoms with Crippen LogP contribution in [0, 0.1) is 0 Å². The Kier molecular flexibility index (Phi) is 2.70. The number of fused-ring (bicyclic) bond motifs is 1. The van der Waals surface area contributed by atoms with Crippen LogP contribution in [0.1, 0.15) is 5.56 Å². The van der Waals surface area contributed by atoms with Gasteiger partial charge in [0.05, 0.1) is 25.9 Å². The van der Waals surface area contributed by atoms with E-state index in [9.17, 15) is 0 Å². The Morgan fingerprint density at radius 3 is 2.56 bits per heavy atom. The molecule has 94 valence electrons. The molecule has 2 N–H and O–H groups in total. The molecular weight excluding hydrogens is 230 g/mol. The van der Waals surface area contributed by atoms with Gasteiger partial charge < -0.3 is 14.2 Å². The first-order valence-corrected chi connectivity index (χ1v) is 5.87. The van der Waals surface area contributed by atoms with Crippen molar-refractivity contribution in [1.82, 2.24) is 0 Å². The predicted molar refractivity (Wildman–Crippen MR) is 68.3 cm³/mol. The van der Waals surface area contributed by atoms with E-state index in [1.54, 1.807) is 7.11 Å². The van der Waals surface area contributed by atoms with E-state index < -0.39 is 5.91 Å². The molecule has 18 heavy (non-hydrogen) atoms. The number of benzene rings is 2. The molecule has 1 fully saturated rings. The van der Waals surface area contributed by atoms with Gasteiger partial charge in [0, 0.05) is 5.39 Å². The van der Waals surface area contributed by atoms with Gasteiger partial charge in [-0.25, -0.2) is 0 Å². The fraction of sp³-hybridized carbons (Fsp3) is 0.286. The highest BCUT2D eigenvalue weighted by atomic mass is 16.8. The molecule has 1 heterocycles. The van der Waals surface area contributed by atoms with Crippen LogP contribution in [-0.4, -0.2) is 20.3 Å². The molecule has 0 saturated carbocycles. The first-order chi connectivity index (χ1) is 8.74. The lowest BCUT2D eigenvalue weighted by atomic mass is 10.0. The van der Waals surface area contributed by atoms with Crippen LogP contribution >= 0.6 is 0 Å². The minimum Gasteiger partial charge on any atom is -0.496 e. The molecule has 0 aliphatic carbocycles. The lowest BCUT2D eigenvalue weighted by Crippen LogP contribution is -2.37. The monoisotopic (exact) mass is 245 g/mol. The first-order valence-electron chi connectivity index (χ1n) is 5.87. The van der Waals surface area contributed by atoms with Gasteiger partial charge in [-0.1, -0.05) is 30.3 Å². The zero-order chi connectivity index (χ0) is 12.6. The van der Waals surface area contributed by atoms with Crippen LogP contribution in [0.2, 0.25) is 0 Å². The SMILES string of the molecule is COc1c(C2(N)OCCO2)ccc2ccccc12. The van der Waals surface area contributed by atoms with Crippen molar-refractivity contribution in [2.45, 2.75) is 5.91 Å². The van der Waals surface area contributed by atoms with Crippen LogP contribution < -0.4 is 10.5 Å². The van der Waals surface area contributed by atoms with Crippen LogP contribution in [0.5, 0.6) is 5.75 Å². The number of nitrogens with two attached hydrogens (primary N) is 1. The molecule has 2 aromatic rings. The summed E-state index contributed by atoms with van der Waals surface area (Å²) in [5, 5.41) is 2.10. The molecular formula is C14H15NO3. The number of methoxy groups -OCH3 is 1. The van der Waals surface area contributed by atoms with Crippen molar-refractivity contribution in [1.29, 1.82) is 0 Å². The fourth-order valence-corrected chi connectivity index (χ4v) is 2.32. The first kappa shape index (κ1) is 11.5. The Bertz CT molecular complexity index is 576. The summed E-state index contributed by atoms with van der Waals surface area (Å²) in [5.74, 6) is -0.493.